The van der Waals surface area contributed by atoms with Gasteiger partial charge in [-0.05, 0) is 31.1 Å². The topological polar surface area (TPSA) is 92.5 Å². The van der Waals surface area contributed by atoms with Crippen LogP contribution in [0.15, 0.2) is 0 Å². The predicted octanol–water partition coefficient (Wildman–Crippen LogP) is -0.633. The summed E-state index contributed by atoms with van der Waals surface area (Å²) in [7, 11) is -0.276. The number of carbonyl (C=O) groups is 1. The Bertz CT molecular complexity index is 447. The van der Waals surface area contributed by atoms with Crippen molar-refractivity contribution in [1.29, 1.82) is 0 Å². The Morgan fingerprint density at radius 1 is 1.32 bits per heavy atom. The summed E-state index contributed by atoms with van der Waals surface area (Å²) in [5.41, 5.74) is 6.08. The Morgan fingerprint density at radius 3 is 2.47 bits per heavy atom. The van der Waals surface area contributed by atoms with Gasteiger partial charge in [-0.1, -0.05) is 0 Å². The summed E-state index contributed by atoms with van der Waals surface area (Å²) in [6.07, 6.45) is 3.26. The van der Waals surface area contributed by atoms with Crippen LogP contribution >= 0.6 is 0 Å². The fourth-order valence-corrected chi connectivity index (χ4v) is 4.05. The molecule has 0 heterocycles. The van der Waals surface area contributed by atoms with Crippen molar-refractivity contribution in [3.8, 4) is 0 Å². The van der Waals surface area contributed by atoms with E-state index in [1.807, 2.05) is 0 Å². The molecule has 4 atom stereocenters. The summed E-state index contributed by atoms with van der Waals surface area (Å²) in [6.45, 7) is 0.153. The molecule has 4 unspecified atom stereocenters. The van der Waals surface area contributed by atoms with Crippen LogP contribution in [0.3, 0.4) is 0 Å². The second-order valence-electron chi connectivity index (χ2n) is 5.83. The van der Waals surface area contributed by atoms with E-state index in [1.54, 1.807) is 0 Å². The lowest BCUT2D eigenvalue weighted by Crippen LogP contribution is -2.46. The van der Waals surface area contributed by atoms with Crippen molar-refractivity contribution in [2.24, 2.45) is 23.5 Å². The summed E-state index contributed by atoms with van der Waals surface area (Å²) in [5, 5.41) is 2.73. The van der Waals surface area contributed by atoms with E-state index in [2.05, 4.69) is 5.32 Å². The molecule has 7 heteroatoms. The fourth-order valence-electron chi connectivity index (χ4n) is 3.33. The van der Waals surface area contributed by atoms with Gasteiger partial charge in [0.1, 0.15) is 0 Å². The highest BCUT2D eigenvalue weighted by molar-refractivity contribution is 7.89. The van der Waals surface area contributed by atoms with Crippen molar-refractivity contribution in [2.75, 3.05) is 26.4 Å². The SMILES string of the molecule is CN(C)S(=O)(=O)CCNC(=O)C1C2CCC(C2)C1N. The monoisotopic (exact) mass is 289 g/mol. The lowest BCUT2D eigenvalue weighted by molar-refractivity contribution is -0.126. The van der Waals surface area contributed by atoms with Gasteiger partial charge in [0.2, 0.25) is 15.9 Å². The van der Waals surface area contributed by atoms with Crippen LogP contribution < -0.4 is 11.1 Å². The van der Waals surface area contributed by atoms with Gasteiger partial charge in [0.25, 0.3) is 0 Å². The minimum absolute atomic E-state index is 0.0517. The lowest BCUT2D eigenvalue weighted by atomic mass is 9.84. The van der Waals surface area contributed by atoms with E-state index in [-0.39, 0.29) is 30.2 Å². The molecule has 2 rings (SSSR count). The predicted molar refractivity (Wildman–Crippen MR) is 72.8 cm³/mol. The molecule has 0 saturated heterocycles. The molecule has 2 aliphatic rings. The molecule has 2 saturated carbocycles. The summed E-state index contributed by atoms with van der Waals surface area (Å²) in [5.74, 6) is 0.605. The van der Waals surface area contributed by atoms with Crippen molar-refractivity contribution < 1.29 is 13.2 Å². The number of fused-ring (bicyclic) bond motifs is 2. The van der Waals surface area contributed by atoms with E-state index >= 15 is 0 Å². The van der Waals surface area contributed by atoms with Gasteiger partial charge < -0.3 is 11.1 Å². The first-order chi connectivity index (χ1) is 8.83. The molecule has 19 heavy (non-hydrogen) atoms. The largest absolute Gasteiger partial charge is 0.355 e. The number of rotatable bonds is 5. The average Bonchev–Trinajstić information content (AvgIpc) is 2.88. The molecular weight excluding hydrogens is 266 g/mol. The van der Waals surface area contributed by atoms with Crippen molar-refractivity contribution >= 4 is 15.9 Å². The van der Waals surface area contributed by atoms with Crippen LogP contribution in [0.1, 0.15) is 19.3 Å². The number of hydrogen-bond donors (Lipinski definition) is 2. The van der Waals surface area contributed by atoms with Crippen molar-refractivity contribution in [3.05, 3.63) is 0 Å². The molecule has 2 fully saturated rings. The standard InChI is InChI=1S/C12H23N3O3S/c1-15(2)19(17,18)6-5-14-12(16)10-8-3-4-9(7-8)11(10)13/h8-11H,3-7,13H2,1-2H3,(H,14,16). The van der Waals surface area contributed by atoms with E-state index < -0.39 is 10.0 Å². The highest BCUT2D eigenvalue weighted by Gasteiger charge is 2.48. The summed E-state index contributed by atoms with van der Waals surface area (Å²) < 4.78 is 24.3. The number of nitrogens with two attached hydrogens (primary N) is 1. The zero-order chi connectivity index (χ0) is 14.2. The normalized spacial score (nSPS) is 33.9. The van der Waals surface area contributed by atoms with Gasteiger partial charge in [0.15, 0.2) is 0 Å². The molecule has 0 aromatic carbocycles. The number of carbonyl (C=O) groups excluding carboxylic acids is 1. The van der Waals surface area contributed by atoms with E-state index in [0.717, 1.165) is 19.3 Å². The molecule has 2 bridgehead atoms. The Labute approximate surface area is 114 Å². The zero-order valence-corrected chi connectivity index (χ0v) is 12.3. The quantitative estimate of drug-likeness (QED) is 0.704. The first-order valence-electron chi connectivity index (χ1n) is 6.76. The molecule has 1 amide bonds. The van der Waals surface area contributed by atoms with Gasteiger partial charge in [0, 0.05) is 26.7 Å². The van der Waals surface area contributed by atoms with Gasteiger partial charge in [-0.15, -0.1) is 0 Å². The molecule has 110 valence electrons. The lowest BCUT2D eigenvalue weighted by Gasteiger charge is -2.27. The maximum absolute atomic E-state index is 12.1. The van der Waals surface area contributed by atoms with Crippen molar-refractivity contribution in [1.82, 2.24) is 9.62 Å². The highest BCUT2D eigenvalue weighted by atomic mass is 32.2. The number of sulfonamides is 1. The molecular formula is C12H23N3O3S. The summed E-state index contributed by atoms with van der Waals surface area (Å²) in [4.78, 5) is 12.1. The number of nitrogens with zero attached hydrogens (tertiary/aromatic N) is 1. The fraction of sp³-hybridized carbons (Fsp3) is 0.917. The van der Waals surface area contributed by atoms with E-state index in [0.29, 0.717) is 11.8 Å². The van der Waals surface area contributed by atoms with Crippen LogP contribution in [0.25, 0.3) is 0 Å². The molecule has 0 aromatic rings. The number of nitrogens with one attached hydrogen (secondary N) is 1. The van der Waals surface area contributed by atoms with Crippen LogP contribution in [0.2, 0.25) is 0 Å². The number of hydrogen-bond acceptors (Lipinski definition) is 4. The molecule has 0 aromatic heterocycles. The van der Waals surface area contributed by atoms with Crippen LogP contribution in [-0.4, -0.2) is 51.1 Å². The molecule has 2 aliphatic carbocycles. The second-order valence-corrected chi connectivity index (χ2v) is 8.13. The maximum Gasteiger partial charge on any atom is 0.225 e. The Hall–Kier alpha value is -0.660. The Morgan fingerprint density at radius 2 is 1.95 bits per heavy atom. The first-order valence-corrected chi connectivity index (χ1v) is 8.37. The van der Waals surface area contributed by atoms with Crippen molar-refractivity contribution in [2.45, 2.75) is 25.3 Å². The zero-order valence-electron chi connectivity index (χ0n) is 11.5. The average molecular weight is 289 g/mol. The third-order valence-corrected chi connectivity index (χ3v) is 6.33. The summed E-state index contributed by atoms with van der Waals surface area (Å²) in [6, 6.07) is -0.0517. The molecule has 0 aliphatic heterocycles. The van der Waals surface area contributed by atoms with E-state index in [1.165, 1.54) is 18.4 Å². The third-order valence-electron chi connectivity index (χ3n) is 4.50. The Balaban J connectivity index is 1.83. The third kappa shape index (κ3) is 2.93. The number of amides is 1. The van der Waals surface area contributed by atoms with E-state index in [4.69, 9.17) is 5.73 Å². The van der Waals surface area contributed by atoms with Gasteiger partial charge >= 0.3 is 0 Å². The van der Waals surface area contributed by atoms with Crippen LogP contribution in [0, 0.1) is 17.8 Å². The molecule has 0 spiro atoms. The van der Waals surface area contributed by atoms with E-state index in [9.17, 15) is 13.2 Å². The van der Waals surface area contributed by atoms with Gasteiger partial charge in [-0.2, -0.15) is 0 Å². The van der Waals surface area contributed by atoms with Crippen LogP contribution in [0.5, 0.6) is 0 Å². The molecule has 6 nitrogen and oxygen atoms in total. The van der Waals surface area contributed by atoms with Crippen molar-refractivity contribution in [3.63, 3.8) is 0 Å². The van der Waals surface area contributed by atoms with Gasteiger partial charge in [-0.25, -0.2) is 12.7 Å². The second kappa shape index (κ2) is 5.38. The first kappa shape index (κ1) is 14.7. The summed E-state index contributed by atoms with van der Waals surface area (Å²) >= 11 is 0. The maximum atomic E-state index is 12.1. The molecule has 0 radical (unpaired) electrons. The highest BCUT2D eigenvalue weighted by Crippen LogP contribution is 2.47. The Kier molecular flexibility index (Phi) is 4.17. The van der Waals surface area contributed by atoms with Crippen LogP contribution in [0.4, 0.5) is 0 Å². The minimum Gasteiger partial charge on any atom is -0.355 e. The molecule has 3 N–H and O–H groups in total. The van der Waals surface area contributed by atoms with Crippen LogP contribution in [-0.2, 0) is 14.8 Å². The van der Waals surface area contributed by atoms with Gasteiger partial charge in [0.05, 0.1) is 11.7 Å². The minimum atomic E-state index is -3.25. The smallest absolute Gasteiger partial charge is 0.225 e. The van der Waals surface area contributed by atoms with Gasteiger partial charge in [-0.3, -0.25) is 4.79 Å².